The second-order valence-electron chi connectivity index (χ2n) is 2.73. The third kappa shape index (κ3) is 1.26. The SMILES string of the molecule is O=C(O)C1=CC=CN2CC=NC=C12. The van der Waals surface area contributed by atoms with Crippen molar-refractivity contribution in [1.82, 2.24) is 4.90 Å². The molecule has 0 radical (unpaired) electrons. The second-order valence-corrected chi connectivity index (χ2v) is 2.73. The van der Waals surface area contributed by atoms with Gasteiger partial charge in [0, 0.05) is 12.4 Å². The van der Waals surface area contributed by atoms with Crippen molar-refractivity contribution in [3.05, 3.63) is 35.8 Å². The largest absolute Gasteiger partial charge is 0.478 e. The Balaban J connectivity index is 2.42. The van der Waals surface area contributed by atoms with Crippen LogP contribution >= 0.6 is 0 Å². The summed E-state index contributed by atoms with van der Waals surface area (Å²) in [4.78, 5) is 16.6. The fourth-order valence-electron chi connectivity index (χ4n) is 1.31. The number of carbonyl (C=O) groups is 1. The Morgan fingerprint density at radius 2 is 2.46 bits per heavy atom. The van der Waals surface area contributed by atoms with Gasteiger partial charge in [0.1, 0.15) is 0 Å². The smallest absolute Gasteiger partial charge is 0.337 e. The molecule has 0 atom stereocenters. The maximum Gasteiger partial charge on any atom is 0.337 e. The first kappa shape index (κ1) is 7.79. The summed E-state index contributed by atoms with van der Waals surface area (Å²) in [7, 11) is 0. The van der Waals surface area contributed by atoms with E-state index in [1.807, 2.05) is 11.1 Å². The fourth-order valence-corrected chi connectivity index (χ4v) is 1.31. The molecule has 0 bridgehead atoms. The second kappa shape index (κ2) is 2.90. The molecular weight excluding hydrogens is 168 g/mol. The van der Waals surface area contributed by atoms with Gasteiger partial charge in [0.05, 0.1) is 24.0 Å². The molecule has 0 unspecified atom stereocenters. The van der Waals surface area contributed by atoms with Crippen molar-refractivity contribution >= 4 is 12.2 Å². The van der Waals surface area contributed by atoms with Crippen LogP contribution < -0.4 is 0 Å². The first-order valence-electron chi connectivity index (χ1n) is 3.89. The molecule has 0 saturated carbocycles. The lowest BCUT2D eigenvalue weighted by Crippen LogP contribution is -2.26. The van der Waals surface area contributed by atoms with E-state index in [4.69, 9.17) is 5.11 Å². The average Bonchev–Trinajstić information content (AvgIpc) is 2.17. The number of aliphatic carboxylic acids is 1. The Labute approximate surface area is 75.2 Å². The van der Waals surface area contributed by atoms with E-state index < -0.39 is 5.97 Å². The lowest BCUT2D eigenvalue weighted by atomic mass is 10.1. The van der Waals surface area contributed by atoms with Crippen molar-refractivity contribution < 1.29 is 9.90 Å². The number of carboxylic acids is 1. The van der Waals surface area contributed by atoms with Gasteiger partial charge in [-0.05, 0) is 12.2 Å². The zero-order chi connectivity index (χ0) is 9.26. The fraction of sp³-hybridized carbons (Fsp3) is 0.111. The lowest BCUT2D eigenvalue weighted by molar-refractivity contribution is -0.132. The maximum atomic E-state index is 10.8. The van der Waals surface area contributed by atoms with Crippen LogP contribution in [0.25, 0.3) is 0 Å². The molecule has 1 N–H and O–H groups in total. The Bertz CT molecular complexity index is 364. The third-order valence-electron chi connectivity index (χ3n) is 1.93. The normalized spacial score (nSPS) is 19.2. The summed E-state index contributed by atoms with van der Waals surface area (Å²) in [5, 5.41) is 8.86. The molecule has 66 valence electrons. The van der Waals surface area contributed by atoms with E-state index in [0.717, 1.165) is 0 Å². The van der Waals surface area contributed by atoms with Crippen LogP contribution in [0.3, 0.4) is 0 Å². The van der Waals surface area contributed by atoms with E-state index in [9.17, 15) is 4.79 Å². The van der Waals surface area contributed by atoms with Crippen molar-refractivity contribution in [3.8, 4) is 0 Å². The summed E-state index contributed by atoms with van der Waals surface area (Å²) in [6, 6.07) is 0. The Hall–Kier alpha value is -1.84. The van der Waals surface area contributed by atoms with Gasteiger partial charge in [-0.3, -0.25) is 4.99 Å². The lowest BCUT2D eigenvalue weighted by Gasteiger charge is -2.26. The predicted octanol–water partition coefficient (Wildman–Crippen LogP) is 0.753. The number of allylic oxidation sites excluding steroid dienone is 2. The summed E-state index contributed by atoms with van der Waals surface area (Å²) in [6.45, 7) is 0.632. The van der Waals surface area contributed by atoms with E-state index in [1.165, 1.54) is 0 Å². The molecule has 2 aliphatic heterocycles. The number of hydrogen-bond donors (Lipinski definition) is 1. The van der Waals surface area contributed by atoms with E-state index in [0.29, 0.717) is 17.8 Å². The molecule has 0 aromatic rings. The topological polar surface area (TPSA) is 52.9 Å². The standard InChI is InChI=1S/C9H8N2O2/c12-9(13)7-2-1-4-11-5-3-10-6-8(7)11/h1-4,6H,5H2,(H,12,13). The summed E-state index contributed by atoms with van der Waals surface area (Å²) in [5.74, 6) is -0.919. The van der Waals surface area contributed by atoms with Gasteiger partial charge in [-0.15, -0.1) is 0 Å². The zero-order valence-electron chi connectivity index (χ0n) is 6.84. The highest BCUT2D eigenvalue weighted by atomic mass is 16.4. The molecule has 2 rings (SSSR count). The van der Waals surface area contributed by atoms with E-state index in [2.05, 4.69) is 4.99 Å². The highest BCUT2D eigenvalue weighted by molar-refractivity contribution is 5.92. The number of aliphatic imine (C=N–C) groups is 1. The molecule has 0 spiro atoms. The molecule has 13 heavy (non-hydrogen) atoms. The minimum absolute atomic E-state index is 0.291. The van der Waals surface area contributed by atoms with E-state index in [1.54, 1.807) is 24.6 Å². The zero-order valence-corrected chi connectivity index (χ0v) is 6.84. The van der Waals surface area contributed by atoms with Gasteiger partial charge in [0.15, 0.2) is 0 Å². The van der Waals surface area contributed by atoms with Crippen LogP contribution in [-0.2, 0) is 4.79 Å². The number of fused-ring (bicyclic) bond motifs is 1. The molecule has 0 aliphatic carbocycles. The van der Waals surface area contributed by atoms with Crippen LogP contribution in [0.5, 0.6) is 0 Å². The first-order valence-corrected chi connectivity index (χ1v) is 3.89. The van der Waals surface area contributed by atoms with Crippen LogP contribution in [0, 0.1) is 0 Å². The molecule has 4 heteroatoms. The van der Waals surface area contributed by atoms with Crippen LogP contribution in [0.15, 0.2) is 40.8 Å². The summed E-state index contributed by atoms with van der Waals surface area (Å²) in [5.41, 5.74) is 0.942. The molecule has 0 saturated heterocycles. The molecule has 0 aromatic carbocycles. The van der Waals surface area contributed by atoms with Crippen molar-refractivity contribution in [2.75, 3.05) is 6.54 Å². The van der Waals surface area contributed by atoms with Gasteiger partial charge in [-0.1, -0.05) is 0 Å². The third-order valence-corrected chi connectivity index (χ3v) is 1.93. The molecule has 2 heterocycles. The monoisotopic (exact) mass is 176 g/mol. The van der Waals surface area contributed by atoms with E-state index in [-0.39, 0.29) is 0 Å². The van der Waals surface area contributed by atoms with Gasteiger partial charge < -0.3 is 10.0 Å². The van der Waals surface area contributed by atoms with Crippen LogP contribution in [-0.4, -0.2) is 28.7 Å². The van der Waals surface area contributed by atoms with Crippen molar-refractivity contribution in [2.24, 2.45) is 4.99 Å². The van der Waals surface area contributed by atoms with Gasteiger partial charge in [-0.2, -0.15) is 0 Å². The summed E-state index contributed by atoms with van der Waals surface area (Å²) >= 11 is 0. The number of carboxylic acid groups (broad SMARTS) is 1. The number of nitrogens with zero attached hydrogens (tertiary/aromatic N) is 2. The molecular formula is C9H8N2O2. The Morgan fingerprint density at radius 3 is 3.23 bits per heavy atom. The van der Waals surface area contributed by atoms with Gasteiger partial charge in [-0.25, -0.2) is 4.79 Å². The summed E-state index contributed by atoms with van der Waals surface area (Å²) < 4.78 is 0. The van der Waals surface area contributed by atoms with Crippen molar-refractivity contribution in [1.29, 1.82) is 0 Å². The van der Waals surface area contributed by atoms with Crippen LogP contribution in [0.4, 0.5) is 0 Å². The van der Waals surface area contributed by atoms with Gasteiger partial charge >= 0.3 is 5.97 Å². The van der Waals surface area contributed by atoms with Gasteiger partial charge in [0.25, 0.3) is 0 Å². The molecule has 0 fully saturated rings. The number of rotatable bonds is 1. The predicted molar refractivity (Wildman–Crippen MR) is 48.1 cm³/mol. The summed E-state index contributed by atoms with van der Waals surface area (Å²) in [6.07, 6.45) is 8.43. The van der Waals surface area contributed by atoms with Crippen LogP contribution in [0.1, 0.15) is 0 Å². The van der Waals surface area contributed by atoms with Gasteiger partial charge in [0.2, 0.25) is 0 Å². The number of hydrogen-bond acceptors (Lipinski definition) is 3. The first-order chi connectivity index (χ1) is 6.29. The average molecular weight is 176 g/mol. The quantitative estimate of drug-likeness (QED) is 0.641. The Kier molecular flexibility index (Phi) is 1.73. The molecule has 0 aromatic heterocycles. The minimum atomic E-state index is -0.919. The highest BCUT2D eigenvalue weighted by Gasteiger charge is 2.20. The van der Waals surface area contributed by atoms with Crippen molar-refractivity contribution in [3.63, 3.8) is 0 Å². The van der Waals surface area contributed by atoms with E-state index >= 15 is 0 Å². The van der Waals surface area contributed by atoms with Crippen LogP contribution in [0.2, 0.25) is 0 Å². The highest BCUT2D eigenvalue weighted by Crippen LogP contribution is 2.21. The minimum Gasteiger partial charge on any atom is -0.478 e. The molecule has 0 amide bonds. The molecule has 2 aliphatic rings. The Morgan fingerprint density at radius 1 is 1.62 bits per heavy atom. The van der Waals surface area contributed by atoms with Crippen molar-refractivity contribution in [2.45, 2.75) is 0 Å². The maximum absolute atomic E-state index is 10.8. The molecule has 4 nitrogen and oxygen atoms in total.